The fourth-order valence-corrected chi connectivity index (χ4v) is 1.41. The number of ether oxygens (including phenoxy) is 1. The van der Waals surface area contributed by atoms with Crippen molar-refractivity contribution >= 4 is 17.7 Å². The molecular formula is C11H19N5O4. The van der Waals surface area contributed by atoms with E-state index in [2.05, 4.69) is 15.6 Å². The van der Waals surface area contributed by atoms with Crippen molar-refractivity contribution in [3.63, 3.8) is 0 Å². The highest BCUT2D eigenvalue weighted by Crippen LogP contribution is 2.20. The van der Waals surface area contributed by atoms with Gasteiger partial charge >= 0.3 is 11.9 Å². The Morgan fingerprint density at radius 1 is 1.50 bits per heavy atom. The smallest absolute Gasteiger partial charge is 0.407 e. The van der Waals surface area contributed by atoms with E-state index in [1.54, 1.807) is 27.8 Å². The van der Waals surface area contributed by atoms with Crippen molar-refractivity contribution in [3.8, 4) is 0 Å². The first-order valence-corrected chi connectivity index (χ1v) is 6.07. The number of nitrogens with one attached hydrogen (secondary N) is 2. The van der Waals surface area contributed by atoms with Gasteiger partial charge in [0.25, 0.3) is 0 Å². The number of amides is 1. The van der Waals surface area contributed by atoms with E-state index in [4.69, 9.17) is 4.74 Å². The van der Waals surface area contributed by atoms with Gasteiger partial charge in [0.05, 0.1) is 0 Å². The summed E-state index contributed by atoms with van der Waals surface area (Å²) in [5.41, 5.74) is -0.557. The maximum absolute atomic E-state index is 11.4. The summed E-state index contributed by atoms with van der Waals surface area (Å²) in [6, 6.07) is 0. The Labute approximate surface area is 116 Å². The Bertz CT molecular complexity index is 491. The fourth-order valence-electron chi connectivity index (χ4n) is 1.41. The van der Waals surface area contributed by atoms with Crippen LogP contribution in [0, 0.1) is 10.1 Å². The first-order valence-electron chi connectivity index (χ1n) is 6.07. The third-order valence-corrected chi connectivity index (χ3v) is 2.18. The Kier molecular flexibility index (Phi) is 4.89. The number of hydrogen-bond acceptors (Lipinski definition) is 6. The third-order valence-electron chi connectivity index (χ3n) is 2.18. The highest BCUT2D eigenvalue weighted by molar-refractivity contribution is 5.67. The van der Waals surface area contributed by atoms with Crippen molar-refractivity contribution in [1.82, 2.24) is 14.9 Å². The summed E-state index contributed by atoms with van der Waals surface area (Å²) < 4.78 is 6.56. The van der Waals surface area contributed by atoms with E-state index in [0.717, 1.165) is 0 Å². The van der Waals surface area contributed by atoms with Crippen molar-refractivity contribution in [3.05, 3.63) is 16.4 Å². The maximum Gasteiger partial charge on any atom is 0.407 e. The first-order chi connectivity index (χ1) is 9.20. The van der Waals surface area contributed by atoms with Gasteiger partial charge in [0, 0.05) is 20.1 Å². The molecule has 0 aliphatic heterocycles. The van der Waals surface area contributed by atoms with Crippen LogP contribution in [0.3, 0.4) is 0 Å². The monoisotopic (exact) mass is 285 g/mol. The number of aromatic nitrogens is 2. The van der Waals surface area contributed by atoms with Crippen molar-refractivity contribution < 1.29 is 14.5 Å². The van der Waals surface area contributed by atoms with Crippen LogP contribution in [0.1, 0.15) is 20.8 Å². The molecule has 9 heteroatoms. The van der Waals surface area contributed by atoms with Gasteiger partial charge in [-0.25, -0.2) is 4.79 Å². The van der Waals surface area contributed by atoms with Gasteiger partial charge in [-0.15, -0.1) is 0 Å². The zero-order chi connectivity index (χ0) is 15.3. The number of nitro groups is 1. The van der Waals surface area contributed by atoms with Gasteiger partial charge in [0.15, 0.2) is 0 Å². The van der Waals surface area contributed by atoms with Crippen LogP contribution < -0.4 is 10.6 Å². The molecule has 0 atom stereocenters. The van der Waals surface area contributed by atoms with E-state index in [-0.39, 0.29) is 12.4 Å². The summed E-state index contributed by atoms with van der Waals surface area (Å²) in [5, 5.41) is 16.1. The molecule has 1 heterocycles. The number of anilines is 1. The molecule has 1 rings (SSSR count). The second-order valence-corrected chi connectivity index (χ2v) is 5.14. The third kappa shape index (κ3) is 4.75. The van der Waals surface area contributed by atoms with E-state index in [1.807, 2.05) is 0 Å². The molecule has 0 aliphatic carbocycles. The minimum atomic E-state index is -0.566. The average Bonchev–Trinajstić information content (AvgIpc) is 2.64. The molecule has 0 spiro atoms. The lowest BCUT2D eigenvalue weighted by Gasteiger charge is -2.19. The van der Waals surface area contributed by atoms with Crippen molar-refractivity contribution in [2.75, 3.05) is 18.4 Å². The lowest BCUT2D eigenvalue weighted by atomic mass is 10.2. The van der Waals surface area contributed by atoms with E-state index in [1.165, 1.54) is 10.9 Å². The van der Waals surface area contributed by atoms with E-state index in [0.29, 0.717) is 12.4 Å². The molecule has 9 nitrogen and oxygen atoms in total. The number of rotatable bonds is 5. The number of aryl methyl sites for hydroxylation is 1. The first kappa shape index (κ1) is 15.7. The molecule has 0 bridgehead atoms. The molecule has 0 unspecified atom stereocenters. The van der Waals surface area contributed by atoms with Crippen molar-refractivity contribution in [1.29, 1.82) is 0 Å². The topological polar surface area (TPSA) is 111 Å². The van der Waals surface area contributed by atoms with Crippen LogP contribution in [-0.4, -0.2) is 39.3 Å². The molecule has 20 heavy (non-hydrogen) atoms. The molecule has 1 aromatic rings. The normalized spacial score (nSPS) is 11.0. The number of nitrogens with zero attached hydrogens (tertiary/aromatic N) is 3. The Morgan fingerprint density at radius 3 is 2.70 bits per heavy atom. The minimum Gasteiger partial charge on any atom is -0.444 e. The largest absolute Gasteiger partial charge is 0.444 e. The molecule has 2 N–H and O–H groups in total. The lowest BCUT2D eigenvalue weighted by molar-refractivity contribution is -0.388. The number of hydrogen-bond donors (Lipinski definition) is 2. The minimum absolute atomic E-state index is 0.246. The van der Waals surface area contributed by atoms with Gasteiger partial charge in [-0.3, -0.25) is 4.57 Å². The van der Waals surface area contributed by atoms with Crippen LogP contribution in [0.15, 0.2) is 6.33 Å². The highest BCUT2D eigenvalue weighted by Gasteiger charge is 2.19. The molecule has 0 fully saturated rings. The summed E-state index contributed by atoms with van der Waals surface area (Å²) in [6.07, 6.45) is 0.820. The number of imidazole rings is 1. The average molecular weight is 285 g/mol. The second-order valence-electron chi connectivity index (χ2n) is 5.14. The molecule has 112 valence electrons. The van der Waals surface area contributed by atoms with Gasteiger partial charge in [-0.05, 0) is 30.7 Å². The molecule has 1 amide bonds. The van der Waals surface area contributed by atoms with Crippen LogP contribution >= 0.6 is 0 Å². The molecule has 1 aromatic heterocycles. The van der Waals surface area contributed by atoms with Crippen molar-refractivity contribution in [2.24, 2.45) is 7.05 Å². The lowest BCUT2D eigenvalue weighted by Crippen LogP contribution is -2.35. The molecule has 0 saturated carbocycles. The van der Waals surface area contributed by atoms with E-state index in [9.17, 15) is 14.9 Å². The van der Waals surface area contributed by atoms with Crippen LogP contribution in [0.25, 0.3) is 0 Å². The van der Waals surface area contributed by atoms with Gasteiger partial charge in [-0.1, -0.05) is 0 Å². The van der Waals surface area contributed by atoms with Gasteiger partial charge in [0.2, 0.25) is 12.1 Å². The van der Waals surface area contributed by atoms with Crippen LogP contribution in [0.4, 0.5) is 16.4 Å². The molecule has 0 radical (unpaired) electrons. The second kappa shape index (κ2) is 6.22. The SMILES string of the molecule is Cn1cnc([N+](=O)[O-])c1NCCNC(=O)OC(C)(C)C. The van der Waals surface area contributed by atoms with Gasteiger partial charge < -0.3 is 25.5 Å². The molecular weight excluding hydrogens is 266 g/mol. The standard InChI is InChI=1S/C11H19N5O4/c1-11(2,3)20-10(17)13-6-5-12-8-9(16(18)19)14-7-15(8)4/h7,12H,5-6H2,1-4H3,(H,13,17). The summed E-state index contributed by atoms with van der Waals surface area (Å²) >= 11 is 0. The summed E-state index contributed by atoms with van der Waals surface area (Å²) in [6.45, 7) is 5.90. The van der Waals surface area contributed by atoms with E-state index >= 15 is 0 Å². The van der Waals surface area contributed by atoms with Gasteiger partial charge in [-0.2, -0.15) is 0 Å². The molecule has 0 aromatic carbocycles. The van der Waals surface area contributed by atoms with Crippen LogP contribution in [0.5, 0.6) is 0 Å². The maximum atomic E-state index is 11.4. The molecule has 0 saturated heterocycles. The quantitative estimate of drug-likeness (QED) is 0.478. The Morgan fingerprint density at radius 2 is 2.15 bits per heavy atom. The Balaban J connectivity index is 2.40. The van der Waals surface area contributed by atoms with Crippen LogP contribution in [-0.2, 0) is 11.8 Å². The zero-order valence-electron chi connectivity index (χ0n) is 12.0. The highest BCUT2D eigenvalue weighted by atomic mass is 16.6. The summed E-state index contributed by atoms with van der Waals surface area (Å²) in [7, 11) is 1.64. The van der Waals surface area contributed by atoms with Gasteiger partial charge in [0.1, 0.15) is 5.60 Å². The Hall–Kier alpha value is -2.32. The van der Waals surface area contributed by atoms with E-state index < -0.39 is 16.6 Å². The predicted molar refractivity (Wildman–Crippen MR) is 72.6 cm³/mol. The van der Waals surface area contributed by atoms with Crippen LogP contribution in [0.2, 0.25) is 0 Å². The molecule has 0 aliphatic rings. The number of alkyl carbamates (subject to hydrolysis) is 1. The summed E-state index contributed by atoms with van der Waals surface area (Å²) in [5.74, 6) is 0.0470. The zero-order valence-corrected chi connectivity index (χ0v) is 12.0. The predicted octanol–water partition coefficient (Wildman–Crippen LogP) is 1.26. The van der Waals surface area contributed by atoms with Crippen molar-refractivity contribution in [2.45, 2.75) is 26.4 Å². The number of carbonyl (C=O) groups excluding carboxylic acids is 1. The number of carbonyl (C=O) groups is 1. The summed E-state index contributed by atoms with van der Waals surface area (Å²) in [4.78, 5) is 25.2. The fraction of sp³-hybridized carbons (Fsp3) is 0.636.